The van der Waals surface area contributed by atoms with Gasteiger partial charge < -0.3 is 5.32 Å². The molecule has 2 aliphatic carbocycles. The first-order valence-electron chi connectivity index (χ1n) is 7.32. The molecular formula is C13H26N2O2S. The van der Waals surface area contributed by atoms with E-state index in [4.69, 9.17) is 0 Å². The zero-order valence-electron chi connectivity index (χ0n) is 11.3. The molecule has 0 bridgehead atoms. The van der Waals surface area contributed by atoms with E-state index in [1.54, 1.807) is 0 Å². The largest absolute Gasteiger partial charge is 0.314 e. The van der Waals surface area contributed by atoms with E-state index in [0.717, 1.165) is 25.3 Å². The smallest absolute Gasteiger partial charge is 0.211 e. The molecule has 106 valence electrons. The first-order valence-corrected chi connectivity index (χ1v) is 8.97. The highest BCUT2D eigenvalue weighted by molar-refractivity contribution is 7.89. The van der Waals surface area contributed by atoms with Crippen molar-refractivity contribution in [1.29, 1.82) is 0 Å². The minimum absolute atomic E-state index is 0.152. The molecule has 18 heavy (non-hydrogen) atoms. The van der Waals surface area contributed by atoms with Crippen LogP contribution in [0.3, 0.4) is 0 Å². The van der Waals surface area contributed by atoms with Crippen LogP contribution < -0.4 is 10.0 Å². The lowest BCUT2D eigenvalue weighted by Crippen LogP contribution is -2.37. The first-order chi connectivity index (χ1) is 8.59. The van der Waals surface area contributed by atoms with Crippen molar-refractivity contribution >= 4 is 10.0 Å². The number of nitrogens with one attached hydrogen (secondary N) is 2. The molecule has 0 aromatic carbocycles. The van der Waals surface area contributed by atoms with Crippen LogP contribution in [0.15, 0.2) is 0 Å². The summed E-state index contributed by atoms with van der Waals surface area (Å²) in [6.45, 7) is 2.88. The first kappa shape index (κ1) is 14.3. The van der Waals surface area contributed by atoms with Gasteiger partial charge in [-0.15, -0.1) is 0 Å². The van der Waals surface area contributed by atoms with Crippen LogP contribution >= 0.6 is 0 Å². The van der Waals surface area contributed by atoms with Crippen LogP contribution in [-0.4, -0.2) is 32.8 Å². The number of rotatable bonds is 10. The van der Waals surface area contributed by atoms with E-state index < -0.39 is 10.0 Å². The van der Waals surface area contributed by atoms with Crippen molar-refractivity contribution < 1.29 is 8.42 Å². The maximum atomic E-state index is 11.9. The summed E-state index contributed by atoms with van der Waals surface area (Å²) in [6, 6.07) is 0.817. The minimum Gasteiger partial charge on any atom is -0.314 e. The monoisotopic (exact) mass is 274 g/mol. The Bertz CT molecular complexity index is 348. The van der Waals surface area contributed by atoms with Crippen molar-refractivity contribution in [1.82, 2.24) is 10.0 Å². The molecule has 5 heteroatoms. The van der Waals surface area contributed by atoms with Crippen LogP contribution in [0, 0.1) is 5.92 Å². The van der Waals surface area contributed by atoms with Crippen LogP contribution in [0.5, 0.6) is 0 Å². The summed E-state index contributed by atoms with van der Waals surface area (Å²) < 4.78 is 26.7. The van der Waals surface area contributed by atoms with Gasteiger partial charge in [-0.3, -0.25) is 0 Å². The molecule has 0 radical (unpaired) electrons. The molecule has 2 N–H and O–H groups in total. The van der Waals surface area contributed by atoms with Crippen LogP contribution in [-0.2, 0) is 10.0 Å². The van der Waals surface area contributed by atoms with E-state index in [0.29, 0.717) is 12.5 Å². The van der Waals surface area contributed by atoms with E-state index in [1.165, 1.54) is 25.7 Å². The molecule has 1 atom stereocenters. The van der Waals surface area contributed by atoms with E-state index in [9.17, 15) is 8.42 Å². The van der Waals surface area contributed by atoms with Gasteiger partial charge in [0.2, 0.25) is 10.0 Å². The number of hydrogen-bond acceptors (Lipinski definition) is 3. The molecule has 2 saturated carbocycles. The average molecular weight is 274 g/mol. The van der Waals surface area contributed by atoms with Gasteiger partial charge in [0, 0.05) is 12.1 Å². The topological polar surface area (TPSA) is 58.2 Å². The van der Waals surface area contributed by atoms with Gasteiger partial charge in [0.05, 0.1) is 5.75 Å². The second-order valence-electron chi connectivity index (χ2n) is 5.80. The summed E-state index contributed by atoms with van der Waals surface area (Å²) in [6.07, 6.45) is 7.71. The third-order valence-electron chi connectivity index (χ3n) is 3.75. The van der Waals surface area contributed by atoms with Gasteiger partial charge in [-0.1, -0.05) is 19.8 Å². The molecule has 0 amide bonds. The van der Waals surface area contributed by atoms with Gasteiger partial charge in [-0.25, -0.2) is 13.1 Å². The summed E-state index contributed by atoms with van der Waals surface area (Å²) >= 11 is 0. The zero-order chi connectivity index (χ0) is 13.0. The third kappa shape index (κ3) is 5.67. The summed E-state index contributed by atoms with van der Waals surface area (Å²) in [7, 11) is -3.08. The van der Waals surface area contributed by atoms with E-state index >= 15 is 0 Å². The quantitative estimate of drug-likeness (QED) is 0.595. The highest BCUT2D eigenvalue weighted by atomic mass is 32.2. The van der Waals surface area contributed by atoms with Crippen LogP contribution in [0.2, 0.25) is 0 Å². The van der Waals surface area contributed by atoms with Gasteiger partial charge >= 0.3 is 0 Å². The summed E-state index contributed by atoms with van der Waals surface area (Å²) in [5.41, 5.74) is 0. The summed E-state index contributed by atoms with van der Waals surface area (Å²) in [5, 5.41) is 3.35. The zero-order valence-corrected chi connectivity index (χ0v) is 12.1. The molecular weight excluding hydrogens is 248 g/mol. The maximum Gasteiger partial charge on any atom is 0.211 e. The van der Waals surface area contributed by atoms with Crippen LogP contribution in [0.1, 0.15) is 51.9 Å². The highest BCUT2D eigenvalue weighted by Gasteiger charge is 2.27. The van der Waals surface area contributed by atoms with Crippen molar-refractivity contribution in [3.8, 4) is 0 Å². The van der Waals surface area contributed by atoms with Gasteiger partial charge in [-0.05, 0) is 44.6 Å². The third-order valence-corrected chi connectivity index (χ3v) is 5.27. The molecule has 0 aliphatic heterocycles. The van der Waals surface area contributed by atoms with E-state index in [-0.39, 0.29) is 11.8 Å². The Labute approximate surface area is 111 Å². The average Bonchev–Trinajstić information content (AvgIpc) is 3.17. The second-order valence-corrected chi connectivity index (χ2v) is 7.68. The molecule has 0 aromatic heterocycles. The fourth-order valence-electron chi connectivity index (χ4n) is 2.22. The SMILES string of the molecule is CCC(CC1CC1)NS(=O)(=O)CCCNC1CC1. The lowest BCUT2D eigenvalue weighted by atomic mass is 10.1. The maximum absolute atomic E-state index is 11.9. The molecule has 0 saturated heterocycles. The van der Waals surface area contributed by atoms with Gasteiger partial charge in [0.1, 0.15) is 0 Å². The van der Waals surface area contributed by atoms with Crippen molar-refractivity contribution in [2.24, 2.45) is 5.92 Å². The predicted molar refractivity (Wildman–Crippen MR) is 74.0 cm³/mol. The predicted octanol–water partition coefficient (Wildman–Crippen LogP) is 1.63. The van der Waals surface area contributed by atoms with Crippen LogP contribution in [0.4, 0.5) is 0 Å². The molecule has 2 aliphatic rings. The molecule has 0 spiro atoms. The van der Waals surface area contributed by atoms with Crippen molar-refractivity contribution in [2.75, 3.05) is 12.3 Å². The summed E-state index contributed by atoms with van der Waals surface area (Å²) in [4.78, 5) is 0. The van der Waals surface area contributed by atoms with E-state index in [2.05, 4.69) is 17.0 Å². The number of sulfonamides is 1. The Balaban J connectivity index is 1.63. The van der Waals surface area contributed by atoms with E-state index in [1.807, 2.05) is 0 Å². The highest BCUT2D eigenvalue weighted by Crippen LogP contribution is 2.34. The molecule has 2 rings (SSSR count). The Morgan fingerprint density at radius 2 is 1.94 bits per heavy atom. The Hall–Kier alpha value is -0.130. The van der Waals surface area contributed by atoms with Gasteiger partial charge in [0.25, 0.3) is 0 Å². The fraction of sp³-hybridized carbons (Fsp3) is 1.00. The Morgan fingerprint density at radius 1 is 1.22 bits per heavy atom. The molecule has 0 aromatic rings. The van der Waals surface area contributed by atoms with Gasteiger partial charge in [0.15, 0.2) is 0 Å². The normalized spacial score (nSPS) is 22.1. The molecule has 1 unspecified atom stereocenters. The van der Waals surface area contributed by atoms with Crippen molar-refractivity contribution in [2.45, 2.75) is 64.0 Å². The molecule has 4 nitrogen and oxygen atoms in total. The summed E-state index contributed by atoms with van der Waals surface area (Å²) in [5.74, 6) is 1.03. The standard InChI is InChI=1S/C13H26N2O2S/c1-2-12(10-11-4-5-11)15-18(16,17)9-3-8-14-13-6-7-13/h11-15H,2-10H2,1H3. The second kappa shape index (κ2) is 6.35. The lowest BCUT2D eigenvalue weighted by molar-refractivity contribution is 0.493. The Kier molecular flexibility index (Phi) is 5.04. The minimum atomic E-state index is -3.08. The number of hydrogen-bond donors (Lipinski definition) is 2. The van der Waals surface area contributed by atoms with Gasteiger partial charge in [-0.2, -0.15) is 0 Å². The lowest BCUT2D eigenvalue weighted by Gasteiger charge is -2.16. The van der Waals surface area contributed by atoms with Crippen molar-refractivity contribution in [3.63, 3.8) is 0 Å². The molecule has 2 fully saturated rings. The fourth-order valence-corrected chi connectivity index (χ4v) is 3.64. The molecule has 0 heterocycles. The van der Waals surface area contributed by atoms with Crippen molar-refractivity contribution in [3.05, 3.63) is 0 Å². The Morgan fingerprint density at radius 3 is 2.50 bits per heavy atom. The van der Waals surface area contributed by atoms with Crippen LogP contribution in [0.25, 0.3) is 0 Å².